The first-order valence-electron chi connectivity index (χ1n) is 26.6. The number of carbonyl (C=O) groups excluding carboxylic acids is 1. The third-order valence-electron chi connectivity index (χ3n) is 12.4. The lowest BCUT2D eigenvalue weighted by atomic mass is 10.0. The molecule has 0 aliphatic carbocycles. The highest BCUT2D eigenvalue weighted by molar-refractivity contribution is 5.99. The highest BCUT2D eigenvalue weighted by Crippen LogP contribution is 2.39. The summed E-state index contributed by atoms with van der Waals surface area (Å²) in [7, 11) is 8.24. The molecule has 1 amide bonds. The van der Waals surface area contributed by atoms with Gasteiger partial charge in [-0.2, -0.15) is 5.10 Å². The molecule has 3 aromatic carbocycles. The molecular weight excluding hydrogens is 977 g/mol. The summed E-state index contributed by atoms with van der Waals surface area (Å²) in [6, 6.07) is 20.3. The molecule has 0 aromatic heterocycles. The molecule has 424 valence electrons. The van der Waals surface area contributed by atoms with Gasteiger partial charge in [-0.05, 0) is 95.3 Å². The van der Waals surface area contributed by atoms with Crippen LogP contribution < -0.4 is 29.7 Å². The monoisotopic (exact) mass is 1060 g/mol. The summed E-state index contributed by atoms with van der Waals surface area (Å²) >= 11 is 0. The fraction of sp³-hybridized carbons (Fsp3) is 0.614. The number of unbranched alkanes of at least 4 members (excludes halogenated alkanes) is 1. The van der Waals surface area contributed by atoms with E-state index in [1.807, 2.05) is 71.0 Å². The van der Waals surface area contributed by atoms with Crippen LogP contribution in [-0.4, -0.2) is 165 Å². The zero-order chi connectivity index (χ0) is 54.9. The number of benzene rings is 3. The van der Waals surface area contributed by atoms with E-state index < -0.39 is 17.4 Å². The number of carbonyl (C=O) groups is 1. The zero-order valence-corrected chi connectivity index (χ0v) is 47.5. The van der Waals surface area contributed by atoms with E-state index in [0.29, 0.717) is 128 Å². The molecule has 2 unspecified atom stereocenters. The van der Waals surface area contributed by atoms with E-state index >= 15 is 0 Å². The minimum Gasteiger partial charge on any atom is -0.497 e. The number of rotatable bonds is 35. The van der Waals surface area contributed by atoms with Crippen molar-refractivity contribution in [2.24, 2.45) is 5.10 Å². The van der Waals surface area contributed by atoms with Crippen LogP contribution in [0.4, 0.5) is 4.79 Å². The molecule has 2 heterocycles. The van der Waals surface area contributed by atoms with Gasteiger partial charge < -0.3 is 76.9 Å². The van der Waals surface area contributed by atoms with E-state index in [2.05, 4.69) is 58.7 Å². The second kappa shape index (κ2) is 31.6. The minimum absolute atomic E-state index is 0.0717. The van der Waals surface area contributed by atoms with Crippen LogP contribution in [0.15, 0.2) is 77.2 Å². The van der Waals surface area contributed by atoms with Gasteiger partial charge in [-0.15, -0.1) is 0 Å². The summed E-state index contributed by atoms with van der Waals surface area (Å²) in [5.74, 6) is 3.41. The average Bonchev–Trinajstić information content (AvgIpc) is 3.77. The number of amides is 1. The van der Waals surface area contributed by atoms with Crippen molar-refractivity contribution in [1.82, 2.24) is 25.4 Å². The van der Waals surface area contributed by atoms with Crippen molar-refractivity contribution in [2.75, 3.05) is 115 Å². The van der Waals surface area contributed by atoms with Crippen molar-refractivity contribution in [1.29, 1.82) is 0 Å². The van der Waals surface area contributed by atoms with Gasteiger partial charge >= 0.3 is 6.09 Å². The standard InChI is InChI=1S/C57H88N6O13/c1-13-14-15-51-58-52-53(57(7,75-42(2)3)60-59-54(52)62(39-45-20-23-48(67-10)50(36-45)69-12)41-46-21-22-47(66-9)37-49(46)68-11)63(51)40-44-18-16-43(17-19-44)38-61(55(64)76-56(4,5)6)24-25-70-28-29-72-32-33-74-35-34-73-31-30-71-27-26-65-8/h16-23,36-37,42,51,58,60H,13-15,24-35,38-41H2,1-12H3. The largest absolute Gasteiger partial charge is 0.497 e. The molecule has 0 spiro atoms. The van der Waals surface area contributed by atoms with Crippen LogP contribution >= 0.6 is 0 Å². The maximum atomic E-state index is 13.6. The predicted octanol–water partition coefficient (Wildman–Crippen LogP) is 8.08. The molecule has 0 saturated carbocycles. The van der Waals surface area contributed by atoms with Crippen LogP contribution in [0.25, 0.3) is 0 Å². The molecule has 0 bridgehead atoms. The van der Waals surface area contributed by atoms with E-state index in [4.69, 9.17) is 61.9 Å². The van der Waals surface area contributed by atoms with Gasteiger partial charge in [0.2, 0.25) is 0 Å². The van der Waals surface area contributed by atoms with Gasteiger partial charge in [-0.1, -0.05) is 43.7 Å². The van der Waals surface area contributed by atoms with Gasteiger partial charge in [0.05, 0.1) is 119 Å². The third-order valence-corrected chi connectivity index (χ3v) is 12.4. The lowest BCUT2D eigenvalue weighted by molar-refractivity contribution is -0.0823. The number of hydrogen-bond acceptors (Lipinski definition) is 18. The first kappa shape index (κ1) is 61.3. The number of amidine groups is 1. The van der Waals surface area contributed by atoms with Crippen molar-refractivity contribution in [2.45, 2.75) is 118 Å². The number of methoxy groups -OCH3 is 5. The molecule has 19 heteroatoms. The van der Waals surface area contributed by atoms with E-state index in [9.17, 15) is 4.79 Å². The second-order valence-electron chi connectivity index (χ2n) is 19.9. The number of nitrogens with one attached hydrogen (secondary N) is 2. The van der Waals surface area contributed by atoms with Crippen molar-refractivity contribution in [3.63, 3.8) is 0 Å². The Morgan fingerprint density at radius 1 is 0.697 bits per heavy atom. The van der Waals surface area contributed by atoms with Crippen LogP contribution in [0, 0.1) is 0 Å². The molecule has 19 nitrogen and oxygen atoms in total. The summed E-state index contributed by atoms with van der Waals surface area (Å²) in [6.45, 7) is 21.2. The van der Waals surface area contributed by atoms with Gasteiger partial charge in [0.15, 0.2) is 23.1 Å². The molecule has 76 heavy (non-hydrogen) atoms. The summed E-state index contributed by atoms with van der Waals surface area (Å²) < 4.78 is 68.5. The summed E-state index contributed by atoms with van der Waals surface area (Å²) in [4.78, 5) is 19.9. The van der Waals surface area contributed by atoms with Gasteiger partial charge in [-0.3, -0.25) is 5.43 Å². The van der Waals surface area contributed by atoms with Crippen LogP contribution in [0.2, 0.25) is 0 Å². The molecule has 0 fully saturated rings. The Morgan fingerprint density at radius 3 is 1.86 bits per heavy atom. The maximum Gasteiger partial charge on any atom is 0.410 e. The Balaban J connectivity index is 1.31. The van der Waals surface area contributed by atoms with E-state index in [1.165, 1.54) is 0 Å². The van der Waals surface area contributed by atoms with Crippen molar-refractivity contribution in [3.8, 4) is 23.0 Å². The highest BCUT2D eigenvalue weighted by atomic mass is 16.6. The first-order valence-corrected chi connectivity index (χ1v) is 26.6. The Hall–Kier alpha value is -5.54. The molecule has 2 aliphatic heterocycles. The number of hydrazone groups is 1. The van der Waals surface area contributed by atoms with Gasteiger partial charge in [-0.25, -0.2) is 4.79 Å². The second-order valence-corrected chi connectivity index (χ2v) is 19.9. The number of ether oxygens (including phenoxy) is 12. The van der Waals surface area contributed by atoms with Crippen molar-refractivity contribution >= 4 is 11.9 Å². The molecule has 2 N–H and O–H groups in total. The topological polar surface area (TPSA) is 174 Å². The Labute approximate surface area is 452 Å². The summed E-state index contributed by atoms with van der Waals surface area (Å²) in [5.41, 5.74) is 7.69. The zero-order valence-electron chi connectivity index (χ0n) is 47.5. The lowest BCUT2D eigenvalue weighted by Gasteiger charge is -2.42. The molecule has 3 aromatic rings. The van der Waals surface area contributed by atoms with E-state index in [0.717, 1.165) is 58.7 Å². The predicted molar refractivity (Wildman–Crippen MR) is 292 cm³/mol. The van der Waals surface area contributed by atoms with E-state index in [1.54, 1.807) is 40.4 Å². The first-order chi connectivity index (χ1) is 36.6. The molecule has 5 rings (SSSR count). The maximum absolute atomic E-state index is 13.6. The quantitative estimate of drug-likeness (QED) is 0.0541. The Morgan fingerprint density at radius 2 is 1.29 bits per heavy atom. The van der Waals surface area contributed by atoms with Crippen LogP contribution in [-0.2, 0) is 64.1 Å². The molecule has 0 radical (unpaired) electrons. The third kappa shape index (κ3) is 19.2. The Bertz CT molecular complexity index is 2260. The van der Waals surface area contributed by atoms with Crippen molar-refractivity contribution in [3.05, 3.63) is 94.3 Å². The number of nitrogens with zero attached hydrogens (tertiary/aromatic N) is 4. The summed E-state index contributed by atoms with van der Waals surface area (Å²) in [6.07, 6.45) is 2.31. The summed E-state index contributed by atoms with van der Waals surface area (Å²) in [5, 5.41) is 9.13. The molecule has 2 aliphatic rings. The smallest absolute Gasteiger partial charge is 0.410 e. The van der Waals surface area contributed by atoms with Gasteiger partial charge in [0.25, 0.3) is 0 Å². The average molecular weight is 1070 g/mol. The van der Waals surface area contributed by atoms with Gasteiger partial charge in [0, 0.05) is 51.5 Å². The Kier molecular flexibility index (Phi) is 25.5. The fourth-order valence-electron chi connectivity index (χ4n) is 8.78. The van der Waals surface area contributed by atoms with Crippen LogP contribution in [0.5, 0.6) is 23.0 Å². The van der Waals surface area contributed by atoms with Gasteiger partial charge in [0.1, 0.15) is 22.8 Å². The van der Waals surface area contributed by atoms with Crippen molar-refractivity contribution < 1.29 is 61.6 Å². The minimum atomic E-state index is -0.985. The highest BCUT2D eigenvalue weighted by Gasteiger charge is 2.48. The molecule has 0 saturated heterocycles. The fourth-order valence-corrected chi connectivity index (χ4v) is 8.78. The normalized spacial score (nSPS) is 16.2. The SMILES string of the molecule is CCCCC1NC2=C(N1Cc1ccc(CN(CCOCCOCCOCCOCCOCCOC)C(=O)OC(C)(C)C)cc1)C(C)(OC(C)C)NN=C2N(Cc1ccc(OC)c(OC)c1)Cc1ccc(OC)cc1OC. The molecular formula is C57H88N6O13. The van der Waals surface area contributed by atoms with E-state index in [-0.39, 0.29) is 12.3 Å². The van der Waals surface area contributed by atoms with Crippen LogP contribution in [0.3, 0.4) is 0 Å². The number of hydrogen-bond donors (Lipinski definition) is 2. The van der Waals surface area contributed by atoms with Crippen LogP contribution in [0.1, 0.15) is 90.0 Å². The molecule has 2 atom stereocenters. The lowest BCUT2D eigenvalue weighted by Crippen LogP contribution is -2.54.